The van der Waals surface area contributed by atoms with Crippen molar-refractivity contribution in [3.63, 3.8) is 0 Å². The lowest BCUT2D eigenvalue weighted by Gasteiger charge is -2.06. The highest BCUT2D eigenvalue weighted by Crippen LogP contribution is 2.25. The van der Waals surface area contributed by atoms with Crippen molar-refractivity contribution in [1.29, 1.82) is 5.26 Å². The Bertz CT molecular complexity index is 1330. The predicted octanol–water partition coefficient (Wildman–Crippen LogP) is 6.20. The molecule has 4 nitrogen and oxygen atoms in total. The van der Waals surface area contributed by atoms with Crippen LogP contribution in [-0.2, 0) is 11.3 Å². The number of para-hydroxylation sites is 1. The molecule has 0 unspecified atom stereocenters. The summed E-state index contributed by atoms with van der Waals surface area (Å²) in [7, 11) is 0. The first kappa shape index (κ1) is 20.5. The summed E-state index contributed by atoms with van der Waals surface area (Å²) in [6, 6.07) is 25.1. The van der Waals surface area contributed by atoms with Gasteiger partial charge in [-0.15, -0.1) is 0 Å². The van der Waals surface area contributed by atoms with Gasteiger partial charge in [0.05, 0.1) is 0 Å². The number of amides is 1. The standard InChI is InChI=1S/C26H20ClN3O/c1-18-9-11-23(12-10-18)29-26(31)20(15-28)14-21-17-30(25-8-3-2-7-24(21)25)16-19-5-4-6-22(27)13-19/h2-14,17H,16H2,1H3,(H,29,31)/b20-14+. The maximum Gasteiger partial charge on any atom is 0.266 e. The monoisotopic (exact) mass is 425 g/mol. The topological polar surface area (TPSA) is 57.8 Å². The molecule has 5 heteroatoms. The lowest BCUT2D eigenvalue weighted by molar-refractivity contribution is -0.112. The van der Waals surface area contributed by atoms with E-state index in [1.54, 1.807) is 6.08 Å². The average molecular weight is 426 g/mol. The number of anilines is 1. The molecule has 0 aliphatic rings. The molecule has 31 heavy (non-hydrogen) atoms. The van der Waals surface area contributed by atoms with E-state index in [0.717, 1.165) is 27.6 Å². The quantitative estimate of drug-likeness (QED) is 0.306. The molecule has 0 aliphatic heterocycles. The molecule has 0 fully saturated rings. The van der Waals surface area contributed by atoms with Gasteiger partial charge in [0.15, 0.2) is 0 Å². The van der Waals surface area contributed by atoms with Crippen LogP contribution in [0.1, 0.15) is 16.7 Å². The number of carbonyl (C=O) groups is 1. The van der Waals surface area contributed by atoms with Gasteiger partial charge in [-0.1, -0.05) is 59.6 Å². The number of carbonyl (C=O) groups excluding carboxylic acids is 1. The fraction of sp³-hybridized carbons (Fsp3) is 0.0769. The summed E-state index contributed by atoms with van der Waals surface area (Å²) in [5.41, 5.74) is 4.70. The van der Waals surface area contributed by atoms with Crippen LogP contribution in [0.25, 0.3) is 17.0 Å². The van der Waals surface area contributed by atoms with Crippen molar-refractivity contribution in [2.45, 2.75) is 13.5 Å². The molecule has 4 aromatic rings. The van der Waals surface area contributed by atoms with Crippen molar-refractivity contribution < 1.29 is 4.79 Å². The van der Waals surface area contributed by atoms with Gasteiger partial charge in [0.1, 0.15) is 11.6 Å². The third kappa shape index (κ3) is 4.69. The van der Waals surface area contributed by atoms with E-state index in [1.807, 2.05) is 92.0 Å². The van der Waals surface area contributed by atoms with E-state index in [-0.39, 0.29) is 5.57 Å². The number of aryl methyl sites for hydroxylation is 1. The first-order chi connectivity index (χ1) is 15.0. The number of hydrogen-bond donors (Lipinski definition) is 1. The van der Waals surface area contributed by atoms with E-state index in [1.165, 1.54) is 0 Å². The molecule has 0 radical (unpaired) electrons. The van der Waals surface area contributed by atoms with Gasteiger partial charge in [0.25, 0.3) is 5.91 Å². The first-order valence-electron chi connectivity index (χ1n) is 9.85. The summed E-state index contributed by atoms with van der Waals surface area (Å²) in [6.45, 7) is 2.61. The Hall–Kier alpha value is -3.81. The zero-order valence-corrected chi connectivity index (χ0v) is 17.7. The summed E-state index contributed by atoms with van der Waals surface area (Å²) in [5.74, 6) is -0.432. The lowest BCUT2D eigenvalue weighted by Crippen LogP contribution is -2.13. The van der Waals surface area contributed by atoms with Crippen molar-refractivity contribution >= 4 is 40.2 Å². The molecular formula is C26H20ClN3O. The number of nitrogens with zero attached hydrogens (tertiary/aromatic N) is 2. The molecule has 0 saturated carbocycles. The van der Waals surface area contributed by atoms with Crippen LogP contribution in [0.2, 0.25) is 5.02 Å². The molecule has 1 aromatic heterocycles. The minimum atomic E-state index is -0.432. The number of halogens is 1. The molecule has 1 N–H and O–H groups in total. The molecule has 0 saturated heterocycles. The summed E-state index contributed by atoms with van der Waals surface area (Å²) in [4.78, 5) is 12.7. The van der Waals surface area contributed by atoms with Gasteiger partial charge >= 0.3 is 0 Å². The van der Waals surface area contributed by atoms with E-state index in [2.05, 4.69) is 9.88 Å². The summed E-state index contributed by atoms with van der Waals surface area (Å²) >= 11 is 6.13. The highest BCUT2D eigenvalue weighted by atomic mass is 35.5. The van der Waals surface area contributed by atoms with Crippen LogP contribution in [0.3, 0.4) is 0 Å². The number of nitrogens with one attached hydrogen (secondary N) is 1. The second-order valence-corrected chi connectivity index (χ2v) is 7.79. The zero-order valence-electron chi connectivity index (χ0n) is 17.0. The molecular weight excluding hydrogens is 406 g/mol. The molecule has 0 spiro atoms. The van der Waals surface area contributed by atoms with Crippen molar-refractivity contribution in [3.05, 3.63) is 106 Å². The summed E-state index contributed by atoms with van der Waals surface area (Å²) in [6.07, 6.45) is 3.60. The van der Waals surface area contributed by atoms with Crippen LogP contribution < -0.4 is 5.32 Å². The van der Waals surface area contributed by atoms with Gasteiger partial charge in [0, 0.05) is 39.9 Å². The summed E-state index contributed by atoms with van der Waals surface area (Å²) in [5, 5.41) is 14.1. The minimum Gasteiger partial charge on any atom is -0.342 e. The van der Waals surface area contributed by atoms with E-state index in [9.17, 15) is 10.1 Å². The second-order valence-electron chi connectivity index (χ2n) is 7.35. The number of hydrogen-bond acceptors (Lipinski definition) is 2. The van der Waals surface area contributed by atoms with Gasteiger partial charge in [0.2, 0.25) is 0 Å². The first-order valence-corrected chi connectivity index (χ1v) is 10.2. The number of fused-ring (bicyclic) bond motifs is 1. The molecule has 3 aromatic carbocycles. The van der Waals surface area contributed by atoms with Crippen LogP contribution in [-0.4, -0.2) is 10.5 Å². The molecule has 0 bridgehead atoms. The van der Waals surface area contributed by atoms with Crippen molar-refractivity contribution in [3.8, 4) is 6.07 Å². The zero-order chi connectivity index (χ0) is 21.8. The molecule has 0 atom stereocenters. The van der Waals surface area contributed by atoms with E-state index >= 15 is 0 Å². The molecule has 1 amide bonds. The predicted molar refractivity (Wildman–Crippen MR) is 126 cm³/mol. The molecule has 1 heterocycles. The lowest BCUT2D eigenvalue weighted by atomic mass is 10.1. The molecule has 0 aliphatic carbocycles. The summed E-state index contributed by atoms with van der Waals surface area (Å²) < 4.78 is 2.10. The van der Waals surface area contributed by atoms with Crippen molar-refractivity contribution in [1.82, 2.24) is 4.57 Å². The Labute approximate surface area is 186 Å². The van der Waals surface area contributed by atoms with E-state index in [4.69, 9.17) is 11.6 Å². The SMILES string of the molecule is Cc1ccc(NC(=O)/C(C#N)=C/c2cn(Cc3cccc(Cl)c3)c3ccccc23)cc1. The number of aromatic nitrogens is 1. The van der Waals surface area contributed by atoms with Gasteiger partial charge in [-0.05, 0) is 48.9 Å². The molecule has 152 valence electrons. The van der Waals surface area contributed by atoms with Crippen LogP contribution in [0.5, 0.6) is 0 Å². The fourth-order valence-electron chi connectivity index (χ4n) is 3.49. The minimum absolute atomic E-state index is 0.0474. The largest absolute Gasteiger partial charge is 0.342 e. The van der Waals surface area contributed by atoms with Crippen LogP contribution >= 0.6 is 11.6 Å². The van der Waals surface area contributed by atoms with Gasteiger partial charge in [-0.3, -0.25) is 4.79 Å². The fourth-order valence-corrected chi connectivity index (χ4v) is 3.71. The van der Waals surface area contributed by atoms with Crippen molar-refractivity contribution in [2.24, 2.45) is 0 Å². The van der Waals surface area contributed by atoms with Crippen LogP contribution in [0.4, 0.5) is 5.69 Å². The average Bonchev–Trinajstić information content (AvgIpc) is 3.11. The Morgan fingerprint density at radius 3 is 2.61 bits per heavy atom. The number of nitriles is 1. The number of rotatable bonds is 5. The Morgan fingerprint density at radius 1 is 1.10 bits per heavy atom. The number of benzene rings is 3. The van der Waals surface area contributed by atoms with Crippen LogP contribution in [0.15, 0.2) is 84.6 Å². The van der Waals surface area contributed by atoms with Crippen molar-refractivity contribution in [2.75, 3.05) is 5.32 Å². The Morgan fingerprint density at radius 2 is 1.87 bits per heavy atom. The molecule has 4 rings (SSSR count). The van der Waals surface area contributed by atoms with E-state index < -0.39 is 5.91 Å². The van der Waals surface area contributed by atoms with Gasteiger partial charge < -0.3 is 9.88 Å². The highest BCUT2D eigenvalue weighted by Gasteiger charge is 2.13. The van der Waals surface area contributed by atoms with Crippen LogP contribution in [0, 0.1) is 18.3 Å². The Balaban J connectivity index is 1.67. The maximum atomic E-state index is 12.7. The third-order valence-corrected chi connectivity index (χ3v) is 5.27. The third-order valence-electron chi connectivity index (χ3n) is 5.04. The Kier molecular flexibility index (Phi) is 5.88. The highest BCUT2D eigenvalue weighted by molar-refractivity contribution is 6.30. The maximum absolute atomic E-state index is 12.7. The van der Waals surface area contributed by atoms with Gasteiger partial charge in [-0.2, -0.15) is 5.26 Å². The van der Waals surface area contributed by atoms with Gasteiger partial charge in [-0.25, -0.2) is 0 Å². The second kappa shape index (κ2) is 8.91. The van der Waals surface area contributed by atoms with E-state index in [0.29, 0.717) is 17.3 Å². The smallest absolute Gasteiger partial charge is 0.266 e. The normalized spacial score (nSPS) is 11.3.